The number of rotatable bonds is 8. The molecule has 1 heterocycles. The summed E-state index contributed by atoms with van der Waals surface area (Å²) in [6, 6.07) is 0.0394. The first-order chi connectivity index (χ1) is 9.50. The van der Waals surface area contributed by atoms with Crippen LogP contribution in [0, 0.1) is 5.41 Å². The molecular formula is C15H28N2O3. The third kappa shape index (κ3) is 5.12. The lowest BCUT2D eigenvalue weighted by molar-refractivity contribution is -0.137. The van der Waals surface area contributed by atoms with Gasteiger partial charge in [0.05, 0.1) is 5.41 Å². The quantitative estimate of drug-likeness (QED) is 0.636. The third-order valence-corrected chi connectivity index (χ3v) is 4.09. The van der Waals surface area contributed by atoms with E-state index in [2.05, 4.69) is 17.6 Å². The van der Waals surface area contributed by atoms with Crippen LogP contribution in [0.5, 0.6) is 0 Å². The normalized spacial score (nSPS) is 24.1. The number of carbonyl (C=O) groups excluding carboxylic acids is 1. The summed E-state index contributed by atoms with van der Waals surface area (Å²) in [5.74, 6) is -0.642. The van der Waals surface area contributed by atoms with E-state index < -0.39 is 5.97 Å². The van der Waals surface area contributed by atoms with Gasteiger partial charge in [0, 0.05) is 19.0 Å². The van der Waals surface area contributed by atoms with Crippen molar-refractivity contribution in [2.24, 2.45) is 5.41 Å². The maximum atomic E-state index is 12.6. The summed E-state index contributed by atoms with van der Waals surface area (Å²) in [6.07, 6.45) is 5.39. The van der Waals surface area contributed by atoms with Crippen molar-refractivity contribution in [3.05, 3.63) is 0 Å². The highest BCUT2D eigenvalue weighted by Gasteiger charge is 2.38. The van der Waals surface area contributed by atoms with Crippen LogP contribution in [-0.4, -0.2) is 36.1 Å². The van der Waals surface area contributed by atoms with Crippen molar-refractivity contribution in [1.82, 2.24) is 10.6 Å². The molecule has 1 aliphatic heterocycles. The first-order valence-corrected chi connectivity index (χ1v) is 7.73. The van der Waals surface area contributed by atoms with Gasteiger partial charge in [-0.15, -0.1) is 0 Å². The van der Waals surface area contributed by atoms with E-state index >= 15 is 0 Å². The maximum Gasteiger partial charge on any atom is 0.303 e. The molecule has 0 radical (unpaired) electrons. The van der Waals surface area contributed by atoms with Crippen molar-refractivity contribution in [2.75, 3.05) is 13.1 Å². The Morgan fingerprint density at radius 3 is 2.75 bits per heavy atom. The largest absolute Gasteiger partial charge is 0.481 e. The molecule has 1 fully saturated rings. The third-order valence-electron chi connectivity index (χ3n) is 4.09. The number of piperidine rings is 1. The Kier molecular flexibility index (Phi) is 6.99. The van der Waals surface area contributed by atoms with Gasteiger partial charge in [-0.25, -0.2) is 0 Å². The van der Waals surface area contributed by atoms with Crippen molar-refractivity contribution in [1.29, 1.82) is 0 Å². The molecule has 116 valence electrons. The van der Waals surface area contributed by atoms with Crippen LogP contribution in [-0.2, 0) is 9.59 Å². The molecule has 1 aliphatic rings. The van der Waals surface area contributed by atoms with Crippen LogP contribution in [0.3, 0.4) is 0 Å². The lowest BCUT2D eigenvalue weighted by atomic mass is 9.76. The number of aliphatic carboxylic acids is 1. The standard InChI is InChI=1S/C15H28N2O3/c1-3-8-15(9-5-10-16-11-15)14(20)17-12(2)6-4-7-13(18)19/h12,16H,3-11H2,1-2H3,(H,17,20)(H,18,19). The average molecular weight is 284 g/mol. The van der Waals surface area contributed by atoms with Crippen LogP contribution in [0.2, 0.25) is 0 Å². The molecule has 0 aliphatic carbocycles. The predicted octanol–water partition coefficient (Wildman–Crippen LogP) is 1.92. The van der Waals surface area contributed by atoms with Gasteiger partial charge < -0.3 is 15.7 Å². The van der Waals surface area contributed by atoms with Gasteiger partial charge in [-0.1, -0.05) is 13.3 Å². The molecule has 1 amide bonds. The van der Waals surface area contributed by atoms with Gasteiger partial charge in [0.2, 0.25) is 5.91 Å². The fourth-order valence-electron chi connectivity index (χ4n) is 2.98. The fraction of sp³-hybridized carbons (Fsp3) is 0.867. The topological polar surface area (TPSA) is 78.4 Å². The minimum absolute atomic E-state index is 0.0394. The van der Waals surface area contributed by atoms with Crippen molar-refractivity contribution >= 4 is 11.9 Å². The van der Waals surface area contributed by atoms with Crippen molar-refractivity contribution in [3.8, 4) is 0 Å². The molecule has 3 N–H and O–H groups in total. The summed E-state index contributed by atoms with van der Waals surface area (Å²) in [5, 5.41) is 15.0. The minimum Gasteiger partial charge on any atom is -0.481 e. The number of nitrogens with one attached hydrogen (secondary N) is 2. The zero-order chi connectivity index (χ0) is 15.0. The van der Waals surface area contributed by atoms with Gasteiger partial charge in [0.25, 0.3) is 0 Å². The Morgan fingerprint density at radius 2 is 2.20 bits per heavy atom. The number of hydrogen-bond acceptors (Lipinski definition) is 3. The smallest absolute Gasteiger partial charge is 0.303 e. The molecule has 0 saturated carbocycles. The van der Waals surface area contributed by atoms with Gasteiger partial charge in [0.15, 0.2) is 0 Å². The van der Waals surface area contributed by atoms with E-state index in [1.54, 1.807) is 0 Å². The fourth-order valence-corrected chi connectivity index (χ4v) is 2.98. The number of carboxylic acid groups (broad SMARTS) is 1. The Balaban J connectivity index is 2.46. The predicted molar refractivity (Wildman–Crippen MR) is 78.5 cm³/mol. The summed E-state index contributed by atoms with van der Waals surface area (Å²) >= 11 is 0. The first-order valence-electron chi connectivity index (χ1n) is 7.73. The molecule has 1 saturated heterocycles. The summed E-state index contributed by atoms with van der Waals surface area (Å²) in [7, 11) is 0. The SMILES string of the molecule is CCCC1(C(=O)NC(C)CCCC(=O)O)CCCNC1. The monoisotopic (exact) mass is 284 g/mol. The molecule has 0 aromatic heterocycles. The molecule has 2 unspecified atom stereocenters. The Labute approximate surface area is 121 Å². The first kappa shape index (κ1) is 17.0. The van der Waals surface area contributed by atoms with Crippen LogP contribution < -0.4 is 10.6 Å². The maximum absolute atomic E-state index is 12.6. The van der Waals surface area contributed by atoms with Crippen molar-refractivity contribution < 1.29 is 14.7 Å². The average Bonchev–Trinajstić information content (AvgIpc) is 2.39. The molecule has 0 aromatic rings. The zero-order valence-corrected chi connectivity index (χ0v) is 12.7. The van der Waals surface area contributed by atoms with Crippen LogP contribution in [0.4, 0.5) is 0 Å². The summed E-state index contributed by atoms with van der Waals surface area (Å²) in [6.45, 7) is 5.82. The van der Waals surface area contributed by atoms with Gasteiger partial charge in [-0.05, 0) is 45.6 Å². The summed E-state index contributed by atoms with van der Waals surface area (Å²) in [4.78, 5) is 23.0. The molecular weight excluding hydrogens is 256 g/mol. The number of carboxylic acids is 1. The molecule has 0 bridgehead atoms. The summed E-state index contributed by atoms with van der Waals surface area (Å²) < 4.78 is 0. The van der Waals surface area contributed by atoms with Crippen LogP contribution in [0.1, 0.15) is 58.8 Å². The lowest BCUT2D eigenvalue weighted by Crippen LogP contribution is -2.52. The molecule has 1 rings (SSSR count). The highest BCUT2D eigenvalue weighted by atomic mass is 16.4. The Morgan fingerprint density at radius 1 is 1.45 bits per heavy atom. The summed E-state index contributed by atoms with van der Waals surface area (Å²) in [5.41, 5.74) is -0.270. The van der Waals surface area contributed by atoms with Crippen LogP contribution in [0.25, 0.3) is 0 Å². The second-order valence-electron chi connectivity index (χ2n) is 5.97. The molecule has 0 spiro atoms. The Hall–Kier alpha value is -1.10. The highest BCUT2D eigenvalue weighted by molar-refractivity contribution is 5.83. The van der Waals surface area contributed by atoms with Gasteiger partial charge >= 0.3 is 5.97 Å². The molecule has 20 heavy (non-hydrogen) atoms. The van der Waals surface area contributed by atoms with Gasteiger partial charge in [-0.2, -0.15) is 0 Å². The molecule has 5 nitrogen and oxygen atoms in total. The van der Waals surface area contributed by atoms with E-state index in [-0.39, 0.29) is 23.8 Å². The number of amides is 1. The number of carbonyl (C=O) groups is 2. The second-order valence-corrected chi connectivity index (χ2v) is 5.97. The molecule has 0 aromatic carbocycles. The number of hydrogen-bond donors (Lipinski definition) is 3. The minimum atomic E-state index is -0.775. The van der Waals surface area contributed by atoms with E-state index in [1.807, 2.05) is 6.92 Å². The van der Waals surface area contributed by atoms with E-state index in [9.17, 15) is 9.59 Å². The molecule has 2 atom stereocenters. The zero-order valence-electron chi connectivity index (χ0n) is 12.7. The molecule has 5 heteroatoms. The van der Waals surface area contributed by atoms with Crippen LogP contribution >= 0.6 is 0 Å². The highest BCUT2D eigenvalue weighted by Crippen LogP contribution is 2.32. The van der Waals surface area contributed by atoms with E-state index in [0.717, 1.165) is 38.8 Å². The van der Waals surface area contributed by atoms with Gasteiger partial charge in [-0.3, -0.25) is 9.59 Å². The van der Waals surface area contributed by atoms with Crippen molar-refractivity contribution in [3.63, 3.8) is 0 Å². The van der Waals surface area contributed by atoms with E-state index in [4.69, 9.17) is 5.11 Å². The van der Waals surface area contributed by atoms with Crippen LogP contribution in [0.15, 0.2) is 0 Å². The van der Waals surface area contributed by atoms with Gasteiger partial charge in [0.1, 0.15) is 0 Å². The van der Waals surface area contributed by atoms with E-state index in [0.29, 0.717) is 12.8 Å². The van der Waals surface area contributed by atoms with Crippen molar-refractivity contribution in [2.45, 2.75) is 64.8 Å². The second kappa shape index (κ2) is 8.25. The lowest BCUT2D eigenvalue weighted by Gasteiger charge is -2.37. The Bertz CT molecular complexity index is 320. The van der Waals surface area contributed by atoms with E-state index in [1.165, 1.54) is 0 Å².